The molecule has 2 aromatic heterocycles. The lowest BCUT2D eigenvalue weighted by Crippen LogP contribution is -2.68. The van der Waals surface area contributed by atoms with E-state index in [9.17, 15) is 0 Å². The van der Waals surface area contributed by atoms with E-state index in [1.54, 1.807) is 28.4 Å². The van der Waals surface area contributed by atoms with E-state index < -0.39 is 20.5 Å². The smallest absolute Gasteiger partial charge is 0.175 e. The maximum Gasteiger partial charge on any atom is 0.175 e. The van der Waals surface area contributed by atoms with Crippen LogP contribution in [0.5, 0.6) is 23.0 Å². The Labute approximate surface area is 220 Å². The Balaban J connectivity index is 0.000000284. The summed E-state index contributed by atoms with van der Waals surface area (Å²) in [5.74, 6) is 3.01. The molecular weight excluding hydrogens is 555 g/mol. The van der Waals surface area contributed by atoms with Crippen molar-refractivity contribution in [2.75, 3.05) is 28.4 Å². The van der Waals surface area contributed by atoms with E-state index >= 15 is 0 Å². The Hall–Kier alpha value is -3.28. The summed E-state index contributed by atoms with van der Waals surface area (Å²) in [6.07, 6.45) is 7.62. The van der Waals surface area contributed by atoms with Gasteiger partial charge in [-0.3, -0.25) is 0 Å². The van der Waals surface area contributed by atoms with Crippen molar-refractivity contribution in [1.29, 1.82) is 0 Å². The summed E-state index contributed by atoms with van der Waals surface area (Å²) in [7, 11) is -3.34. The maximum atomic E-state index is 8.49. The van der Waals surface area contributed by atoms with Gasteiger partial charge in [-0.15, -0.1) is 20.5 Å². The highest BCUT2D eigenvalue weighted by Gasteiger charge is 2.07. The second-order valence-electron chi connectivity index (χ2n) is 6.72. The second-order valence-corrected chi connectivity index (χ2v) is 8.23. The molecule has 2 aromatic carbocycles. The number of rotatable bonds is 4. The molecule has 2 heterocycles. The highest BCUT2D eigenvalue weighted by atomic mass is 35.7. The monoisotopic (exact) mass is 578 g/mol. The van der Waals surface area contributed by atoms with E-state index in [2.05, 4.69) is 9.97 Å². The maximum absolute atomic E-state index is 8.49. The average Bonchev–Trinajstić information content (AvgIpc) is 2.85. The molecule has 16 heteroatoms. The third-order valence-electron chi connectivity index (χ3n) is 4.37. The van der Waals surface area contributed by atoms with Gasteiger partial charge in [0.25, 0.3) is 0 Å². The molecule has 2 N–H and O–H groups in total. The molecule has 14 nitrogen and oxygen atoms in total. The van der Waals surface area contributed by atoms with Gasteiger partial charge < -0.3 is 18.9 Å². The summed E-state index contributed by atoms with van der Waals surface area (Å²) in [6, 6.07) is 11.8. The zero-order valence-corrected chi connectivity index (χ0v) is 21.9. The Morgan fingerprint density at radius 3 is 0.947 bits per heavy atom. The van der Waals surface area contributed by atoms with Crippen LogP contribution in [0.15, 0.2) is 61.2 Å². The Bertz CT molecular complexity index is 1090. The Kier molecular flexibility index (Phi) is 13.1. The molecule has 0 saturated carbocycles. The van der Waals surface area contributed by atoms with Crippen LogP contribution in [0.4, 0.5) is 0 Å². The SMILES string of the molecule is COc1cc2cc[nH+]cc2cc1OC.COc1cc2cc[nH+]cc2cc1OC.[O-][Cl+3]([O-])([O-])[O-].[O-][Cl+3]([O-])([O-])[O-]. The van der Waals surface area contributed by atoms with Crippen LogP contribution >= 0.6 is 0 Å². The van der Waals surface area contributed by atoms with Gasteiger partial charge >= 0.3 is 0 Å². The van der Waals surface area contributed by atoms with Crippen molar-refractivity contribution >= 4 is 21.5 Å². The molecule has 0 radical (unpaired) electrons. The number of H-pyrrole nitrogens is 2. The van der Waals surface area contributed by atoms with Gasteiger partial charge in [0.2, 0.25) is 0 Å². The van der Waals surface area contributed by atoms with Crippen LogP contribution in [0.1, 0.15) is 0 Å². The summed E-state index contributed by atoms with van der Waals surface area (Å²) >= 11 is 0. The number of pyridine rings is 2. The van der Waals surface area contributed by atoms with Crippen molar-refractivity contribution in [3.05, 3.63) is 61.2 Å². The zero-order chi connectivity index (χ0) is 28.9. The minimum Gasteiger partial charge on any atom is -0.493 e. The number of fused-ring (bicyclic) bond motifs is 2. The number of aromatic nitrogens is 2. The van der Waals surface area contributed by atoms with Gasteiger partial charge in [-0.25, -0.2) is 47.2 Å². The van der Waals surface area contributed by atoms with Crippen LogP contribution in [0.2, 0.25) is 0 Å². The van der Waals surface area contributed by atoms with Crippen LogP contribution in [0.25, 0.3) is 21.5 Å². The number of hydrogen-bond acceptors (Lipinski definition) is 12. The minimum atomic E-state index is -4.94. The van der Waals surface area contributed by atoms with Gasteiger partial charge in [0, 0.05) is 22.9 Å². The van der Waals surface area contributed by atoms with E-state index in [4.69, 9.17) is 56.2 Å². The predicted octanol–water partition coefficient (Wildman–Crippen LogP) is -6.17. The summed E-state index contributed by atoms with van der Waals surface area (Å²) in [5.41, 5.74) is 0. The van der Waals surface area contributed by atoms with Gasteiger partial charge in [-0.05, 0) is 35.0 Å². The van der Waals surface area contributed by atoms with E-state index in [1.165, 1.54) is 0 Å². The molecule has 0 aliphatic rings. The lowest BCUT2D eigenvalue weighted by Gasteiger charge is -2.17. The van der Waals surface area contributed by atoms with Gasteiger partial charge in [-0.1, -0.05) is 0 Å². The molecule has 4 aromatic rings. The molecule has 208 valence electrons. The fourth-order valence-electron chi connectivity index (χ4n) is 2.91. The minimum absolute atomic E-state index is 0.750. The van der Waals surface area contributed by atoms with E-state index in [0.717, 1.165) is 44.5 Å². The molecule has 0 saturated heterocycles. The standard InChI is InChI=1S/2C11H11NO2.2ClHO4/c2*1-13-10-5-8-3-4-12-7-9(8)6-11(10)14-2;2*2-1(3,4)5/h2*3-7H,1-2H3;2*(H,2,3,4,5). The first-order valence-electron chi connectivity index (χ1n) is 9.97. The molecule has 0 amide bonds. The molecule has 0 bridgehead atoms. The lowest BCUT2D eigenvalue weighted by molar-refractivity contribution is -2.00. The number of hydrogen-bond donors (Lipinski definition) is 0. The Morgan fingerprint density at radius 1 is 0.474 bits per heavy atom. The highest BCUT2D eigenvalue weighted by Crippen LogP contribution is 2.32. The molecule has 4 rings (SSSR count). The fourth-order valence-corrected chi connectivity index (χ4v) is 2.91. The van der Waals surface area contributed by atoms with Crippen LogP contribution in [0, 0.1) is 20.5 Å². The molecule has 38 heavy (non-hydrogen) atoms. The zero-order valence-electron chi connectivity index (χ0n) is 20.4. The molecule has 0 aliphatic heterocycles. The number of benzene rings is 2. The van der Waals surface area contributed by atoms with Gasteiger partial charge in [0.05, 0.1) is 28.4 Å². The van der Waals surface area contributed by atoms with Crippen molar-refractivity contribution in [2.45, 2.75) is 0 Å². The molecular formula is C22H24Cl2N2O12. The number of aromatic amines is 2. The van der Waals surface area contributed by atoms with Crippen molar-refractivity contribution in [3.8, 4) is 23.0 Å². The second kappa shape index (κ2) is 15.2. The number of ether oxygens (including phenoxy) is 4. The lowest BCUT2D eigenvalue weighted by atomic mass is 10.1. The third-order valence-corrected chi connectivity index (χ3v) is 4.37. The van der Waals surface area contributed by atoms with Crippen molar-refractivity contribution < 1.29 is 86.7 Å². The normalized spacial score (nSPS) is 10.6. The number of methoxy groups -OCH3 is 4. The summed E-state index contributed by atoms with van der Waals surface area (Å²) in [6.45, 7) is 0. The first-order chi connectivity index (χ1) is 17.7. The van der Waals surface area contributed by atoms with Gasteiger partial charge in [0.15, 0.2) is 47.8 Å². The number of halogens is 2. The van der Waals surface area contributed by atoms with Crippen molar-refractivity contribution in [3.63, 3.8) is 0 Å². The summed E-state index contributed by atoms with van der Waals surface area (Å²) < 4.78 is 88.8. The van der Waals surface area contributed by atoms with Crippen LogP contribution < -0.4 is 66.2 Å². The van der Waals surface area contributed by atoms with E-state index in [-0.39, 0.29) is 0 Å². The van der Waals surface area contributed by atoms with Gasteiger partial charge in [0.1, 0.15) is 0 Å². The molecule has 0 spiro atoms. The largest absolute Gasteiger partial charge is 0.493 e. The van der Waals surface area contributed by atoms with Gasteiger partial charge in [-0.2, -0.15) is 0 Å². The fraction of sp³-hybridized carbons (Fsp3) is 0.182. The number of nitrogens with one attached hydrogen (secondary N) is 2. The van der Waals surface area contributed by atoms with Crippen LogP contribution in [-0.4, -0.2) is 28.4 Å². The predicted molar refractivity (Wildman–Crippen MR) is 107 cm³/mol. The van der Waals surface area contributed by atoms with Crippen molar-refractivity contribution in [1.82, 2.24) is 0 Å². The summed E-state index contributed by atoms with van der Waals surface area (Å²) in [4.78, 5) is 6.06. The molecule has 0 aliphatic carbocycles. The quantitative estimate of drug-likeness (QED) is 0.219. The van der Waals surface area contributed by atoms with E-state index in [1.807, 2.05) is 61.2 Å². The Morgan fingerprint density at radius 2 is 0.711 bits per heavy atom. The summed E-state index contributed by atoms with van der Waals surface area (Å²) in [5, 5.41) is 4.46. The van der Waals surface area contributed by atoms with E-state index in [0.29, 0.717) is 0 Å². The molecule has 0 fully saturated rings. The average molecular weight is 579 g/mol. The first kappa shape index (κ1) is 32.7. The van der Waals surface area contributed by atoms with Crippen molar-refractivity contribution in [2.24, 2.45) is 0 Å². The molecule has 0 atom stereocenters. The van der Waals surface area contributed by atoms with Crippen LogP contribution in [-0.2, 0) is 0 Å². The topological polar surface area (TPSA) is 250 Å². The highest BCUT2D eigenvalue weighted by molar-refractivity contribution is 5.85. The third kappa shape index (κ3) is 12.8. The molecule has 0 unspecified atom stereocenters. The first-order valence-corrected chi connectivity index (χ1v) is 12.4. The van der Waals surface area contributed by atoms with Crippen LogP contribution in [0.3, 0.4) is 0 Å².